The minimum Gasteiger partial charge on any atom is -0.489 e. The Bertz CT molecular complexity index is 477. The van der Waals surface area contributed by atoms with Crippen LogP contribution in [0.1, 0.15) is 32.6 Å². The van der Waals surface area contributed by atoms with Gasteiger partial charge in [0, 0.05) is 18.2 Å². The molecule has 2 rings (SSSR count). The van der Waals surface area contributed by atoms with Gasteiger partial charge in [-0.1, -0.05) is 18.5 Å². The van der Waals surface area contributed by atoms with Gasteiger partial charge in [0.15, 0.2) is 0 Å². The lowest BCUT2D eigenvalue weighted by Gasteiger charge is -2.15. The van der Waals surface area contributed by atoms with Gasteiger partial charge in [0.2, 0.25) is 5.91 Å². The first-order valence-electron chi connectivity index (χ1n) is 7.07. The number of halogens is 2. The number of rotatable bonds is 5. The molecule has 1 unspecified atom stereocenters. The molecule has 1 aromatic rings. The fourth-order valence-corrected chi connectivity index (χ4v) is 2.46. The predicted octanol–water partition coefficient (Wildman–Crippen LogP) is 3.62. The zero-order valence-corrected chi connectivity index (χ0v) is 13.7. The Balaban J connectivity index is 0.00000220. The molecule has 0 saturated heterocycles. The quantitative estimate of drug-likeness (QED) is 0.865. The molecule has 21 heavy (non-hydrogen) atoms. The molecular formula is C15H22Cl2N2O2. The lowest BCUT2D eigenvalue weighted by molar-refractivity contribution is -0.119. The molecule has 0 bridgehead atoms. The SMILES string of the molecule is CC(CN)C(=O)Nc1ccc(OC2CCCC2)c(Cl)c1.Cl. The van der Waals surface area contributed by atoms with Crippen molar-refractivity contribution in [3.63, 3.8) is 0 Å². The van der Waals surface area contributed by atoms with Crippen LogP contribution >= 0.6 is 24.0 Å². The lowest BCUT2D eigenvalue weighted by atomic mass is 10.1. The minimum atomic E-state index is -0.219. The Morgan fingerprint density at radius 1 is 1.48 bits per heavy atom. The van der Waals surface area contributed by atoms with Crippen LogP contribution in [0.2, 0.25) is 5.02 Å². The number of ether oxygens (including phenoxy) is 1. The van der Waals surface area contributed by atoms with Crippen LogP contribution in [0.15, 0.2) is 18.2 Å². The molecule has 1 aromatic carbocycles. The molecule has 0 radical (unpaired) electrons. The molecule has 118 valence electrons. The second-order valence-corrected chi connectivity index (χ2v) is 5.70. The molecule has 6 heteroatoms. The molecular weight excluding hydrogens is 311 g/mol. The minimum absolute atomic E-state index is 0. The van der Waals surface area contributed by atoms with Gasteiger partial charge in [0.05, 0.1) is 11.1 Å². The Morgan fingerprint density at radius 3 is 2.71 bits per heavy atom. The summed E-state index contributed by atoms with van der Waals surface area (Å²) in [6, 6.07) is 5.33. The number of anilines is 1. The maximum absolute atomic E-state index is 11.8. The summed E-state index contributed by atoms with van der Waals surface area (Å²) >= 11 is 6.20. The van der Waals surface area contributed by atoms with E-state index >= 15 is 0 Å². The third kappa shape index (κ3) is 5.06. The van der Waals surface area contributed by atoms with Crippen LogP contribution in [0.4, 0.5) is 5.69 Å². The number of hydrogen-bond donors (Lipinski definition) is 2. The van der Waals surface area contributed by atoms with E-state index in [-0.39, 0.29) is 30.3 Å². The number of hydrogen-bond acceptors (Lipinski definition) is 3. The van der Waals surface area contributed by atoms with Gasteiger partial charge in [-0.3, -0.25) is 4.79 Å². The third-order valence-electron chi connectivity index (χ3n) is 3.60. The molecule has 1 aliphatic rings. The summed E-state index contributed by atoms with van der Waals surface area (Å²) < 4.78 is 5.87. The summed E-state index contributed by atoms with van der Waals surface area (Å²) in [5.41, 5.74) is 6.13. The van der Waals surface area contributed by atoms with Crippen molar-refractivity contribution >= 4 is 35.6 Å². The standard InChI is InChI=1S/C15H21ClN2O2.ClH/c1-10(9-17)15(19)18-11-6-7-14(13(16)8-11)20-12-4-2-3-5-12;/h6-8,10,12H,2-5,9,17H2,1H3,(H,18,19);1H. The van der Waals surface area contributed by atoms with Crippen molar-refractivity contribution in [2.75, 3.05) is 11.9 Å². The topological polar surface area (TPSA) is 64.4 Å². The number of amides is 1. The smallest absolute Gasteiger partial charge is 0.228 e. The number of benzene rings is 1. The fraction of sp³-hybridized carbons (Fsp3) is 0.533. The molecule has 0 spiro atoms. The van der Waals surface area contributed by atoms with E-state index < -0.39 is 0 Å². The molecule has 1 aliphatic carbocycles. The van der Waals surface area contributed by atoms with Gasteiger partial charge >= 0.3 is 0 Å². The summed E-state index contributed by atoms with van der Waals surface area (Å²) in [6.45, 7) is 2.11. The first-order chi connectivity index (χ1) is 9.60. The first-order valence-corrected chi connectivity index (χ1v) is 7.45. The van der Waals surface area contributed by atoms with E-state index in [1.54, 1.807) is 19.1 Å². The van der Waals surface area contributed by atoms with Crippen LogP contribution in [-0.2, 0) is 4.79 Å². The van der Waals surface area contributed by atoms with E-state index in [1.807, 2.05) is 6.07 Å². The molecule has 1 fully saturated rings. The molecule has 0 aromatic heterocycles. The monoisotopic (exact) mass is 332 g/mol. The van der Waals surface area contributed by atoms with Gasteiger partial charge in [0.1, 0.15) is 5.75 Å². The van der Waals surface area contributed by atoms with Crippen molar-refractivity contribution in [1.29, 1.82) is 0 Å². The van der Waals surface area contributed by atoms with E-state index in [0.717, 1.165) is 12.8 Å². The lowest BCUT2D eigenvalue weighted by Crippen LogP contribution is -2.26. The van der Waals surface area contributed by atoms with Crippen molar-refractivity contribution < 1.29 is 9.53 Å². The summed E-state index contributed by atoms with van der Waals surface area (Å²) in [4.78, 5) is 11.8. The molecule has 0 heterocycles. The highest BCUT2D eigenvalue weighted by Gasteiger charge is 2.18. The zero-order chi connectivity index (χ0) is 14.5. The average molecular weight is 333 g/mol. The van der Waals surface area contributed by atoms with Crippen molar-refractivity contribution in [2.24, 2.45) is 11.7 Å². The third-order valence-corrected chi connectivity index (χ3v) is 3.89. The maximum atomic E-state index is 11.8. The van der Waals surface area contributed by atoms with Crippen molar-refractivity contribution in [3.8, 4) is 5.75 Å². The Labute approximate surface area is 136 Å². The molecule has 1 atom stereocenters. The second kappa shape index (κ2) is 8.47. The van der Waals surface area contributed by atoms with Gasteiger partial charge in [-0.2, -0.15) is 0 Å². The molecule has 3 N–H and O–H groups in total. The highest BCUT2D eigenvalue weighted by atomic mass is 35.5. The van der Waals surface area contributed by atoms with E-state index in [2.05, 4.69) is 5.32 Å². The molecule has 0 aliphatic heterocycles. The van der Waals surface area contributed by atoms with Gasteiger partial charge in [-0.25, -0.2) is 0 Å². The number of nitrogens with two attached hydrogens (primary N) is 1. The van der Waals surface area contributed by atoms with Gasteiger partial charge in [-0.05, 0) is 43.9 Å². The second-order valence-electron chi connectivity index (χ2n) is 5.30. The first kappa shape index (κ1) is 18.1. The zero-order valence-electron chi connectivity index (χ0n) is 12.1. The van der Waals surface area contributed by atoms with Crippen molar-refractivity contribution in [2.45, 2.75) is 38.7 Å². The number of carbonyl (C=O) groups excluding carboxylic acids is 1. The molecule has 4 nitrogen and oxygen atoms in total. The highest BCUT2D eigenvalue weighted by Crippen LogP contribution is 2.31. The number of carbonyl (C=O) groups is 1. The van der Waals surface area contributed by atoms with Crippen LogP contribution in [-0.4, -0.2) is 18.6 Å². The van der Waals surface area contributed by atoms with Gasteiger partial charge in [-0.15, -0.1) is 12.4 Å². The van der Waals surface area contributed by atoms with E-state index in [1.165, 1.54) is 12.8 Å². The molecule has 1 amide bonds. The highest BCUT2D eigenvalue weighted by molar-refractivity contribution is 6.32. The van der Waals surface area contributed by atoms with Crippen LogP contribution in [0.5, 0.6) is 5.75 Å². The van der Waals surface area contributed by atoms with Crippen LogP contribution in [0, 0.1) is 5.92 Å². The maximum Gasteiger partial charge on any atom is 0.228 e. The fourth-order valence-electron chi connectivity index (χ4n) is 2.23. The van der Waals surface area contributed by atoms with Crippen molar-refractivity contribution in [1.82, 2.24) is 0 Å². The predicted molar refractivity (Wildman–Crippen MR) is 88.4 cm³/mol. The summed E-state index contributed by atoms with van der Waals surface area (Å²) in [7, 11) is 0. The Kier molecular flexibility index (Phi) is 7.29. The summed E-state index contributed by atoms with van der Waals surface area (Å²) in [5.74, 6) is 0.361. The van der Waals surface area contributed by atoms with Crippen LogP contribution < -0.4 is 15.8 Å². The van der Waals surface area contributed by atoms with E-state index in [0.29, 0.717) is 23.0 Å². The molecule has 1 saturated carbocycles. The summed E-state index contributed by atoms with van der Waals surface area (Å²) in [6.07, 6.45) is 4.87. The van der Waals surface area contributed by atoms with E-state index in [4.69, 9.17) is 22.1 Å². The summed E-state index contributed by atoms with van der Waals surface area (Å²) in [5, 5.41) is 3.32. The van der Waals surface area contributed by atoms with E-state index in [9.17, 15) is 4.79 Å². The largest absolute Gasteiger partial charge is 0.489 e. The average Bonchev–Trinajstić information content (AvgIpc) is 2.93. The number of nitrogens with one attached hydrogen (secondary N) is 1. The van der Waals surface area contributed by atoms with Crippen molar-refractivity contribution in [3.05, 3.63) is 23.2 Å². The Morgan fingerprint density at radius 2 is 2.14 bits per heavy atom. The normalized spacial score (nSPS) is 16.1. The van der Waals surface area contributed by atoms with Gasteiger partial charge < -0.3 is 15.8 Å². The van der Waals surface area contributed by atoms with Crippen LogP contribution in [0.3, 0.4) is 0 Å². The van der Waals surface area contributed by atoms with Crippen LogP contribution in [0.25, 0.3) is 0 Å². The van der Waals surface area contributed by atoms with Gasteiger partial charge in [0.25, 0.3) is 0 Å². The Hall–Kier alpha value is -0.970.